The molecule has 2 unspecified atom stereocenters. The maximum absolute atomic E-state index is 12.2. The molecule has 1 aliphatic carbocycles. The van der Waals surface area contributed by atoms with Gasteiger partial charge < -0.3 is 5.73 Å². The summed E-state index contributed by atoms with van der Waals surface area (Å²) in [6, 6.07) is 3.46. The first-order chi connectivity index (χ1) is 8.31. The van der Waals surface area contributed by atoms with Crippen LogP contribution in [-0.2, 0) is 10.0 Å². The van der Waals surface area contributed by atoms with Crippen molar-refractivity contribution in [3.05, 3.63) is 23.3 Å². The Balaban J connectivity index is 2.23. The van der Waals surface area contributed by atoms with Gasteiger partial charge in [-0.25, -0.2) is 13.1 Å². The molecule has 2 atom stereocenters. The van der Waals surface area contributed by atoms with Crippen LogP contribution in [-0.4, -0.2) is 15.0 Å². The van der Waals surface area contributed by atoms with Crippen molar-refractivity contribution in [2.24, 2.45) is 11.8 Å². The van der Waals surface area contributed by atoms with E-state index in [1.807, 2.05) is 6.92 Å². The lowest BCUT2D eigenvalue weighted by Gasteiger charge is -2.12. The normalized spacial score (nSPS) is 23.1. The van der Waals surface area contributed by atoms with Crippen LogP contribution in [0.15, 0.2) is 17.0 Å². The van der Waals surface area contributed by atoms with Gasteiger partial charge in [-0.2, -0.15) is 0 Å². The number of aryl methyl sites for hydroxylation is 1. The van der Waals surface area contributed by atoms with Crippen molar-refractivity contribution in [2.45, 2.75) is 32.1 Å². The zero-order valence-corrected chi connectivity index (χ0v) is 11.8. The molecule has 4 nitrogen and oxygen atoms in total. The summed E-state index contributed by atoms with van der Waals surface area (Å²) >= 11 is 0. The molecule has 1 aromatic rings. The number of nitrogen functional groups attached to an aromatic ring is 1. The fraction of sp³-hybridized carbons (Fsp3) is 0.538. The fourth-order valence-corrected chi connectivity index (χ4v) is 3.56. The van der Waals surface area contributed by atoms with E-state index in [4.69, 9.17) is 5.73 Å². The summed E-state index contributed by atoms with van der Waals surface area (Å²) in [7, 11) is -3.44. The van der Waals surface area contributed by atoms with E-state index in [1.165, 1.54) is 0 Å². The van der Waals surface area contributed by atoms with Gasteiger partial charge in [-0.05, 0) is 55.4 Å². The van der Waals surface area contributed by atoms with Crippen LogP contribution >= 0.6 is 0 Å². The summed E-state index contributed by atoms with van der Waals surface area (Å²) in [4.78, 5) is 0.299. The van der Waals surface area contributed by atoms with Gasteiger partial charge in [-0.1, -0.05) is 6.92 Å². The van der Waals surface area contributed by atoms with Crippen molar-refractivity contribution in [1.29, 1.82) is 0 Å². The number of anilines is 1. The van der Waals surface area contributed by atoms with Crippen LogP contribution in [0.25, 0.3) is 0 Å². The van der Waals surface area contributed by atoms with Crippen molar-refractivity contribution in [1.82, 2.24) is 4.72 Å². The number of nitrogens with one attached hydrogen (secondary N) is 1. The van der Waals surface area contributed by atoms with Crippen molar-refractivity contribution >= 4 is 15.7 Å². The third kappa shape index (κ3) is 2.67. The Morgan fingerprint density at radius 3 is 2.56 bits per heavy atom. The number of rotatable bonds is 4. The maximum atomic E-state index is 12.2. The van der Waals surface area contributed by atoms with Crippen LogP contribution in [0, 0.1) is 25.7 Å². The molecule has 0 amide bonds. The Labute approximate surface area is 109 Å². The van der Waals surface area contributed by atoms with Gasteiger partial charge in [0.25, 0.3) is 0 Å². The quantitative estimate of drug-likeness (QED) is 0.818. The average molecular weight is 268 g/mol. The van der Waals surface area contributed by atoms with Gasteiger partial charge in [0.2, 0.25) is 10.0 Å². The van der Waals surface area contributed by atoms with E-state index in [0.29, 0.717) is 34.5 Å². The smallest absolute Gasteiger partial charge is 0.240 e. The number of sulfonamides is 1. The molecule has 100 valence electrons. The molecule has 0 heterocycles. The van der Waals surface area contributed by atoms with Crippen LogP contribution < -0.4 is 10.5 Å². The molecule has 18 heavy (non-hydrogen) atoms. The third-order valence-electron chi connectivity index (χ3n) is 3.65. The second-order valence-corrected chi connectivity index (χ2v) is 7.04. The van der Waals surface area contributed by atoms with Crippen LogP contribution in [0.1, 0.15) is 24.5 Å². The monoisotopic (exact) mass is 268 g/mol. The minimum Gasteiger partial charge on any atom is -0.398 e. The van der Waals surface area contributed by atoms with Crippen LogP contribution in [0.3, 0.4) is 0 Å². The average Bonchev–Trinajstić information content (AvgIpc) is 2.97. The van der Waals surface area contributed by atoms with E-state index in [-0.39, 0.29) is 0 Å². The Morgan fingerprint density at radius 1 is 1.39 bits per heavy atom. The molecule has 1 fully saturated rings. The molecule has 0 saturated heterocycles. The fourth-order valence-electron chi connectivity index (χ4n) is 2.11. The summed E-state index contributed by atoms with van der Waals surface area (Å²) in [6.45, 7) is 6.24. The zero-order chi connectivity index (χ0) is 13.5. The Hall–Kier alpha value is -1.07. The van der Waals surface area contributed by atoms with Crippen molar-refractivity contribution in [3.63, 3.8) is 0 Å². The van der Waals surface area contributed by atoms with E-state index in [2.05, 4.69) is 11.6 Å². The number of hydrogen-bond donors (Lipinski definition) is 2. The highest BCUT2D eigenvalue weighted by molar-refractivity contribution is 7.89. The highest BCUT2D eigenvalue weighted by Crippen LogP contribution is 2.37. The van der Waals surface area contributed by atoms with E-state index in [9.17, 15) is 8.42 Å². The lowest BCUT2D eigenvalue weighted by atomic mass is 10.1. The second kappa shape index (κ2) is 4.55. The SMILES string of the molecule is Cc1cc(N)c(C)c(S(=O)(=O)NCC2CC2C)c1. The molecule has 0 aliphatic heterocycles. The Bertz CT molecular complexity index is 567. The molecule has 0 radical (unpaired) electrons. The first kappa shape index (κ1) is 13.4. The minimum absolute atomic E-state index is 0.299. The molecular formula is C13H20N2O2S. The van der Waals surface area contributed by atoms with Crippen molar-refractivity contribution in [3.8, 4) is 0 Å². The Morgan fingerprint density at radius 2 is 2.00 bits per heavy atom. The topological polar surface area (TPSA) is 72.2 Å². The summed E-state index contributed by atoms with van der Waals surface area (Å²) in [5.41, 5.74) is 7.82. The molecule has 0 spiro atoms. The minimum atomic E-state index is -3.44. The lowest BCUT2D eigenvalue weighted by Crippen LogP contribution is -2.27. The van der Waals surface area contributed by atoms with Crippen molar-refractivity contribution < 1.29 is 8.42 Å². The highest BCUT2D eigenvalue weighted by atomic mass is 32.2. The molecule has 0 bridgehead atoms. The van der Waals surface area contributed by atoms with E-state index in [1.54, 1.807) is 19.1 Å². The van der Waals surface area contributed by atoms with Crippen LogP contribution in [0.5, 0.6) is 0 Å². The molecule has 1 aromatic carbocycles. The third-order valence-corrected chi connectivity index (χ3v) is 5.20. The zero-order valence-electron chi connectivity index (χ0n) is 11.0. The standard InChI is InChI=1S/C13H20N2O2S/c1-8-4-12(14)10(3)13(5-8)18(16,17)15-7-11-6-9(11)2/h4-5,9,11,15H,6-7,14H2,1-3H3. The summed E-state index contributed by atoms with van der Waals surface area (Å²) in [5, 5.41) is 0. The largest absolute Gasteiger partial charge is 0.398 e. The predicted molar refractivity (Wildman–Crippen MR) is 72.8 cm³/mol. The van der Waals surface area contributed by atoms with Gasteiger partial charge in [0.1, 0.15) is 0 Å². The maximum Gasteiger partial charge on any atom is 0.240 e. The van der Waals surface area contributed by atoms with Gasteiger partial charge in [0.15, 0.2) is 0 Å². The van der Waals surface area contributed by atoms with E-state index >= 15 is 0 Å². The summed E-state index contributed by atoms with van der Waals surface area (Å²) in [6.07, 6.45) is 1.11. The van der Waals surface area contributed by atoms with Crippen LogP contribution in [0.2, 0.25) is 0 Å². The van der Waals surface area contributed by atoms with Crippen molar-refractivity contribution in [2.75, 3.05) is 12.3 Å². The number of nitrogens with two attached hydrogens (primary N) is 1. The molecular weight excluding hydrogens is 248 g/mol. The number of hydrogen-bond acceptors (Lipinski definition) is 3. The van der Waals surface area contributed by atoms with Gasteiger partial charge in [-0.3, -0.25) is 0 Å². The molecule has 2 rings (SSSR count). The molecule has 5 heteroatoms. The molecule has 0 aromatic heterocycles. The second-order valence-electron chi connectivity index (χ2n) is 5.30. The first-order valence-electron chi connectivity index (χ1n) is 6.17. The van der Waals surface area contributed by atoms with E-state index < -0.39 is 10.0 Å². The Kier molecular flexibility index (Phi) is 3.38. The summed E-state index contributed by atoms with van der Waals surface area (Å²) in [5.74, 6) is 1.12. The summed E-state index contributed by atoms with van der Waals surface area (Å²) < 4.78 is 27.1. The predicted octanol–water partition coefficient (Wildman–Crippen LogP) is 1.82. The number of benzene rings is 1. The van der Waals surface area contributed by atoms with Gasteiger partial charge in [-0.15, -0.1) is 0 Å². The molecule has 1 saturated carbocycles. The molecule has 1 aliphatic rings. The van der Waals surface area contributed by atoms with Gasteiger partial charge in [0, 0.05) is 12.2 Å². The van der Waals surface area contributed by atoms with E-state index in [0.717, 1.165) is 12.0 Å². The van der Waals surface area contributed by atoms with Gasteiger partial charge in [0.05, 0.1) is 4.90 Å². The lowest BCUT2D eigenvalue weighted by molar-refractivity contribution is 0.574. The highest BCUT2D eigenvalue weighted by Gasteiger charge is 2.33. The van der Waals surface area contributed by atoms with Gasteiger partial charge >= 0.3 is 0 Å². The van der Waals surface area contributed by atoms with Crippen LogP contribution in [0.4, 0.5) is 5.69 Å². The molecule has 3 N–H and O–H groups in total. The first-order valence-corrected chi connectivity index (χ1v) is 7.66.